The number of aromatic nitrogens is 2. The Kier molecular flexibility index (Phi) is 6.42. The molecule has 1 aromatic carbocycles. The zero-order valence-electron chi connectivity index (χ0n) is 12.6. The average Bonchev–Trinajstić information content (AvgIpc) is 2.72. The lowest BCUT2D eigenvalue weighted by atomic mass is 10.3. The first-order valence-electron chi connectivity index (χ1n) is 6.62. The smallest absolute Gasteiger partial charge is 0.418 e. The molecule has 0 bridgehead atoms. The summed E-state index contributed by atoms with van der Waals surface area (Å²) in [5.41, 5.74) is 0. The van der Waals surface area contributed by atoms with Gasteiger partial charge in [0.1, 0.15) is 20.5 Å². The third kappa shape index (κ3) is 7.26. The first kappa shape index (κ1) is 19.0. The monoisotopic (exact) mass is 396 g/mol. The molecule has 1 heterocycles. The number of halogens is 5. The highest BCUT2D eigenvalue weighted by Gasteiger charge is 2.26. The summed E-state index contributed by atoms with van der Waals surface area (Å²) in [4.78, 5) is 0. The van der Waals surface area contributed by atoms with Gasteiger partial charge in [0.2, 0.25) is 6.33 Å². The summed E-state index contributed by atoms with van der Waals surface area (Å²) in [5.74, 6) is 0. The number of hydrogen-bond donors (Lipinski definition) is 0. The molecule has 0 radical (unpaired) electrons. The molecule has 0 saturated carbocycles. The lowest BCUT2D eigenvalue weighted by Gasteiger charge is -2.20. The van der Waals surface area contributed by atoms with Gasteiger partial charge in [-0.05, 0) is 12.1 Å². The standard InChI is InChI=1S/C13H18BrN2Si.BF4/c1-15-8-9-16(10-15)11-17(2,3)13-6-4-12(14)5-7-13;2-1(3,4)5/h4-10H,11H2,1-3H3;/q+1;-1. The topological polar surface area (TPSA) is 8.81 Å². The molecule has 22 heavy (non-hydrogen) atoms. The highest BCUT2D eigenvalue weighted by atomic mass is 79.9. The molecule has 0 aliphatic heterocycles. The first-order valence-corrected chi connectivity index (χ1v) is 10.6. The number of benzene rings is 1. The zero-order valence-corrected chi connectivity index (χ0v) is 15.2. The minimum atomic E-state index is -6.00. The molecule has 0 N–H and O–H groups in total. The number of imidazole rings is 1. The second-order valence-corrected chi connectivity index (χ2v) is 11.2. The van der Waals surface area contributed by atoms with Gasteiger partial charge in [-0.25, -0.2) is 9.13 Å². The van der Waals surface area contributed by atoms with Crippen LogP contribution in [0.4, 0.5) is 17.3 Å². The molecule has 2 nitrogen and oxygen atoms in total. The van der Waals surface area contributed by atoms with Crippen molar-refractivity contribution in [3.05, 3.63) is 47.5 Å². The van der Waals surface area contributed by atoms with Crippen molar-refractivity contribution in [3.63, 3.8) is 0 Å². The Labute approximate surface area is 137 Å². The Bertz CT molecular complexity index is 593. The second kappa shape index (κ2) is 7.45. The molecule has 0 unspecified atom stereocenters. The van der Waals surface area contributed by atoms with Crippen molar-refractivity contribution in [2.24, 2.45) is 7.05 Å². The summed E-state index contributed by atoms with van der Waals surface area (Å²) in [5, 5.41) is 1.50. The average molecular weight is 397 g/mol. The fourth-order valence-corrected chi connectivity index (χ4v) is 4.66. The van der Waals surface area contributed by atoms with Crippen LogP contribution in [-0.4, -0.2) is 19.9 Å². The fraction of sp³-hybridized carbons (Fsp3) is 0.308. The number of nitrogens with zero attached hydrogens (tertiary/aromatic N) is 2. The molecule has 0 saturated heterocycles. The Morgan fingerprint density at radius 1 is 1.14 bits per heavy atom. The minimum absolute atomic E-state index is 1.12. The largest absolute Gasteiger partial charge is 0.673 e. The van der Waals surface area contributed by atoms with Gasteiger partial charge in [-0.15, -0.1) is 0 Å². The Hall–Kier alpha value is -1.09. The van der Waals surface area contributed by atoms with Crippen molar-refractivity contribution < 1.29 is 21.8 Å². The maximum atomic E-state index is 9.75. The van der Waals surface area contributed by atoms with Gasteiger partial charge in [0.25, 0.3) is 0 Å². The Morgan fingerprint density at radius 3 is 2.05 bits per heavy atom. The van der Waals surface area contributed by atoms with Crippen molar-refractivity contribution in [3.8, 4) is 0 Å². The van der Waals surface area contributed by atoms with Crippen LogP contribution in [0, 0.1) is 0 Å². The molecule has 9 heteroatoms. The van der Waals surface area contributed by atoms with E-state index in [9.17, 15) is 17.3 Å². The molecular weight excluding hydrogens is 379 g/mol. The van der Waals surface area contributed by atoms with Crippen molar-refractivity contribution in [2.75, 3.05) is 0 Å². The van der Waals surface area contributed by atoms with Crippen LogP contribution in [0.1, 0.15) is 0 Å². The van der Waals surface area contributed by atoms with Gasteiger partial charge in [-0.2, -0.15) is 0 Å². The van der Waals surface area contributed by atoms with Gasteiger partial charge in [-0.1, -0.05) is 46.3 Å². The molecule has 0 aliphatic rings. The van der Waals surface area contributed by atoms with Crippen LogP contribution in [0.3, 0.4) is 0 Å². The maximum absolute atomic E-state index is 9.75. The Morgan fingerprint density at radius 2 is 1.64 bits per heavy atom. The van der Waals surface area contributed by atoms with Crippen LogP contribution in [-0.2, 0) is 13.2 Å². The van der Waals surface area contributed by atoms with Crippen molar-refractivity contribution >= 4 is 36.4 Å². The van der Waals surface area contributed by atoms with E-state index >= 15 is 0 Å². The molecule has 1 aromatic heterocycles. The summed E-state index contributed by atoms with van der Waals surface area (Å²) in [7, 11) is -5.34. The van der Waals surface area contributed by atoms with Crippen molar-refractivity contribution in [1.82, 2.24) is 4.57 Å². The molecule has 2 aromatic rings. The van der Waals surface area contributed by atoms with Gasteiger partial charge in [0.05, 0.1) is 13.2 Å². The molecule has 0 atom stereocenters. The molecule has 122 valence electrons. The van der Waals surface area contributed by atoms with Crippen LogP contribution < -0.4 is 9.75 Å². The van der Waals surface area contributed by atoms with E-state index in [1.807, 2.05) is 0 Å². The quantitative estimate of drug-likeness (QED) is 0.426. The van der Waals surface area contributed by atoms with Crippen molar-refractivity contribution in [2.45, 2.75) is 19.3 Å². The van der Waals surface area contributed by atoms with Crippen LogP contribution in [0.25, 0.3) is 0 Å². The van der Waals surface area contributed by atoms with Crippen LogP contribution >= 0.6 is 15.9 Å². The van der Waals surface area contributed by atoms with Crippen LogP contribution in [0.5, 0.6) is 0 Å². The van der Waals surface area contributed by atoms with Crippen LogP contribution in [0.15, 0.2) is 47.5 Å². The van der Waals surface area contributed by atoms with Gasteiger partial charge < -0.3 is 17.3 Å². The zero-order chi connectivity index (χ0) is 17.0. The summed E-state index contributed by atoms with van der Waals surface area (Å²) < 4.78 is 44.5. The van der Waals surface area contributed by atoms with Crippen LogP contribution in [0.2, 0.25) is 13.1 Å². The molecule has 2 rings (SSSR count). The highest BCUT2D eigenvalue weighted by Crippen LogP contribution is 2.11. The molecule has 0 spiro atoms. The predicted octanol–water partition coefficient (Wildman–Crippen LogP) is 3.53. The lowest BCUT2D eigenvalue weighted by Crippen LogP contribution is -2.45. The van der Waals surface area contributed by atoms with E-state index in [0.29, 0.717) is 0 Å². The number of rotatable bonds is 3. The van der Waals surface area contributed by atoms with Gasteiger partial charge in [0.15, 0.2) is 0 Å². The van der Waals surface area contributed by atoms with E-state index in [1.54, 1.807) is 0 Å². The first-order chi connectivity index (χ1) is 9.97. The molecule has 0 amide bonds. The molecular formula is C13H18BBrF4N2Si. The van der Waals surface area contributed by atoms with Gasteiger partial charge >= 0.3 is 7.25 Å². The van der Waals surface area contributed by atoms with E-state index < -0.39 is 15.3 Å². The van der Waals surface area contributed by atoms with E-state index in [2.05, 4.69) is 88.2 Å². The molecule has 0 aliphatic carbocycles. The SMILES string of the molecule is C[n+]1ccn(C[Si](C)(C)c2ccc(Br)cc2)c1.F[B-](F)(F)F. The highest BCUT2D eigenvalue weighted by molar-refractivity contribution is 9.10. The normalized spacial score (nSPS) is 11.8. The second-order valence-electron chi connectivity index (χ2n) is 5.64. The van der Waals surface area contributed by atoms with E-state index in [4.69, 9.17) is 0 Å². The number of hydrogen-bond acceptors (Lipinski definition) is 0. The van der Waals surface area contributed by atoms with E-state index in [-0.39, 0.29) is 0 Å². The maximum Gasteiger partial charge on any atom is 0.673 e. The summed E-state index contributed by atoms with van der Waals surface area (Å²) in [6, 6.07) is 8.78. The van der Waals surface area contributed by atoms with Gasteiger partial charge in [0, 0.05) is 4.47 Å². The lowest BCUT2D eigenvalue weighted by molar-refractivity contribution is -0.671. The van der Waals surface area contributed by atoms with Crippen molar-refractivity contribution in [1.29, 1.82) is 0 Å². The Balaban J connectivity index is 0.000000422. The minimum Gasteiger partial charge on any atom is -0.418 e. The predicted molar refractivity (Wildman–Crippen MR) is 87.1 cm³/mol. The fourth-order valence-electron chi connectivity index (χ4n) is 2.04. The third-order valence-electron chi connectivity index (χ3n) is 3.03. The summed E-state index contributed by atoms with van der Waals surface area (Å²) >= 11 is 3.49. The third-order valence-corrected chi connectivity index (χ3v) is 6.61. The summed E-state index contributed by atoms with van der Waals surface area (Å²) in [6.07, 6.45) is 7.50. The van der Waals surface area contributed by atoms with E-state index in [1.165, 1.54) is 5.19 Å². The summed E-state index contributed by atoms with van der Waals surface area (Å²) in [6.45, 7) is 4.83. The van der Waals surface area contributed by atoms with Gasteiger partial charge in [-0.3, -0.25) is 0 Å². The number of aryl methyl sites for hydroxylation is 1. The molecule has 0 fully saturated rings. The van der Waals surface area contributed by atoms with E-state index in [0.717, 1.165) is 10.6 Å².